The number of hydrogen-bond acceptors (Lipinski definition) is 5. The number of carbonyl (C=O) groups excluding carboxylic acids is 1. The van der Waals surface area contributed by atoms with Crippen LogP contribution in [0.25, 0.3) is 0 Å². The summed E-state index contributed by atoms with van der Waals surface area (Å²) in [5, 5.41) is 0. The first-order valence-corrected chi connectivity index (χ1v) is 7.40. The van der Waals surface area contributed by atoms with Crippen LogP contribution in [0, 0.1) is 0 Å². The number of rotatable bonds is 3. The maximum atomic E-state index is 11.9. The van der Waals surface area contributed by atoms with Crippen molar-refractivity contribution in [2.75, 3.05) is 30.3 Å². The van der Waals surface area contributed by atoms with Gasteiger partial charge in [-0.1, -0.05) is 19.3 Å². The van der Waals surface area contributed by atoms with Crippen molar-refractivity contribution in [1.82, 2.24) is 4.98 Å². The zero-order valence-electron chi connectivity index (χ0n) is 12.1. The molecule has 0 saturated carbocycles. The van der Waals surface area contributed by atoms with Crippen molar-refractivity contribution in [3.8, 4) is 0 Å². The molecule has 2 heterocycles. The number of nitrogens with zero attached hydrogens (tertiary/aromatic N) is 2. The second kappa shape index (κ2) is 7.12. The molecule has 0 aromatic carbocycles. The van der Waals surface area contributed by atoms with Gasteiger partial charge >= 0.3 is 5.97 Å². The van der Waals surface area contributed by atoms with Crippen LogP contribution in [0.1, 0.15) is 49.4 Å². The number of ether oxygens (including phenoxy) is 1. The molecule has 110 valence electrons. The largest absolute Gasteiger partial charge is 0.462 e. The second-order valence-electron chi connectivity index (χ2n) is 5.11. The standard InChI is InChI=1S/C15H23N3O2/c1-2-20-15(19)12-10-14(17-11-13(12)16)18-8-6-4-3-5-7-9-18/h10-11H,2-9,16H2,1H3. The molecule has 1 saturated heterocycles. The lowest BCUT2D eigenvalue weighted by Crippen LogP contribution is -2.28. The zero-order valence-corrected chi connectivity index (χ0v) is 12.1. The number of hydrogen-bond donors (Lipinski definition) is 1. The van der Waals surface area contributed by atoms with Crippen LogP contribution >= 0.6 is 0 Å². The summed E-state index contributed by atoms with van der Waals surface area (Å²) in [4.78, 5) is 18.5. The first kappa shape index (κ1) is 14.6. The van der Waals surface area contributed by atoms with Gasteiger partial charge in [0, 0.05) is 13.1 Å². The van der Waals surface area contributed by atoms with E-state index in [4.69, 9.17) is 10.5 Å². The third-order valence-corrected chi connectivity index (χ3v) is 3.60. The summed E-state index contributed by atoms with van der Waals surface area (Å²) < 4.78 is 5.03. The SMILES string of the molecule is CCOC(=O)c1cc(N2CCCCCCC2)ncc1N. The Morgan fingerprint density at radius 3 is 2.60 bits per heavy atom. The monoisotopic (exact) mass is 277 g/mol. The lowest BCUT2D eigenvalue weighted by Gasteiger charge is -2.26. The van der Waals surface area contributed by atoms with Gasteiger partial charge in [0.25, 0.3) is 0 Å². The van der Waals surface area contributed by atoms with Crippen molar-refractivity contribution < 1.29 is 9.53 Å². The maximum absolute atomic E-state index is 11.9. The Hall–Kier alpha value is -1.78. The van der Waals surface area contributed by atoms with Crippen LogP contribution in [0.2, 0.25) is 0 Å². The highest BCUT2D eigenvalue weighted by Gasteiger charge is 2.16. The van der Waals surface area contributed by atoms with E-state index in [0.29, 0.717) is 17.9 Å². The smallest absolute Gasteiger partial charge is 0.340 e. The molecule has 0 radical (unpaired) electrons. The van der Waals surface area contributed by atoms with E-state index in [0.717, 1.165) is 18.9 Å². The van der Waals surface area contributed by atoms with Crippen LogP contribution in [0.3, 0.4) is 0 Å². The molecule has 5 heteroatoms. The third kappa shape index (κ3) is 3.62. The van der Waals surface area contributed by atoms with Crippen LogP contribution in [0.4, 0.5) is 11.5 Å². The summed E-state index contributed by atoms with van der Waals surface area (Å²) in [6, 6.07) is 1.76. The van der Waals surface area contributed by atoms with Gasteiger partial charge in [-0.15, -0.1) is 0 Å². The summed E-state index contributed by atoms with van der Waals surface area (Å²) in [5.74, 6) is 0.449. The van der Waals surface area contributed by atoms with Gasteiger partial charge in [-0.05, 0) is 25.8 Å². The fourth-order valence-electron chi connectivity index (χ4n) is 2.49. The summed E-state index contributed by atoms with van der Waals surface area (Å²) in [5.41, 5.74) is 6.61. The van der Waals surface area contributed by atoms with Crippen LogP contribution in [-0.4, -0.2) is 30.6 Å². The first-order valence-electron chi connectivity index (χ1n) is 7.40. The number of carbonyl (C=O) groups is 1. The average molecular weight is 277 g/mol. The molecule has 0 unspecified atom stereocenters. The minimum Gasteiger partial charge on any atom is -0.462 e. The van der Waals surface area contributed by atoms with E-state index in [2.05, 4.69) is 9.88 Å². The molecule has 1 aromatic rings. The molecule has 5 nitrogen and oxygen atoms in total. The van der Waals surface area contributed by atoms with Gasteiger partial charge in [0.05, 0.1) is 24.1 Å². The topological polar surface area (TPSA) is 68.5 Å². The number of pyridine rings is 1. The molecule has 20 heavy (non-hydrogen) atoms. The van der Waals surface area contributed by atoms with Gasteiger partial charge in [0.1, 0.15) is 5.82 Å². The fourth-order valence-corrected chi connectivity index (χ4v) is 2.49. The predicted molar refractivity (Wildman–Crippen MR) is 79.9 cm³/mol. The molecule has 0 bridgehead atoms. The van der Waals surface area contributed by atoms with Crippen molar-refractivity contribution >= 4 is 17.5 Å². The summed E-state index contributed by atoms with van der Waals surface area (Å²) in [6.45, 7) is 4.10. The minimum absolute atomic E-state index is 0.347. The molecular formula is C15H23N3O2. The van der Waals surface area contributed by atoms with Crippen molar-refractivity contribution in [3.05, 3.63) is 17.8 Å². The van der Waals surface area contributed by atoms with Gasteiger partial charge in [-0.25, -0.2) is 9.78 Å². The van der Waals surface area contributed by atoms with Crippen molar-refractivity contribution in [2.45, 2.75) is 39.0 Å². The number of nitrogen functional groups attached to an aromatic ring is 1. The van der Waals surface area contributed by atoms with Crippen LogP contribution < -0.4 is 10.6 Å². The molecule has 0 atom stereocenters. The van der Waals surface area contributed by atoms with Gasteiger partial charge in [-0.3, -0.25) is 0 Å². The highest BCUT2D eigenvalue weighted by Crippen LogP contribution is 2.21. The van der Waals surface area contributed by atoms with E-state index < -0.39 is 0 Å². The van der Waals surface area contributed by atoms with E-state index in [1.54, 1.807) is 19.2 Å². The summed E-state index contributed by atoms with van der Waals surface area (Å²) in [6.07, 6.45) is 7.73. The third-order valence-electron chi connectivity index (χ3n) is 3.60. The normalized spacial score (nSPS) is 16.4. The lowest BCUT2D eigenvalue weighted by molar-refractivity contribution is 0.0527. The van der Waals surface area contributed by atoms with Gasteiger partial charge in [0.2, 0.25) is 0 Å². The molecule has 1 fully saturated rings. The van der Waals surface area contributed by atoms with Crippen molar-refractivity contribution in [1.29, 1.82) is 0 Å². The van der Waals surface area contributed by atoms with Gasteiger partial charge in [0.15, 0.2) is 0 Å². The minimum atomic E-state index is -0.374. The number of esters is 1. The van der Waals surface area contributed by atoms with Crippen LogP contribution in [0.15, 0.2) is 12.3 Å². The molecule has 0 spiro atoms. The Morgan fingerprint density at radius 1 is 1.30 bits per heavy atom. The number of aromatic nitrogens is 1. The lowest BCUT2D eigenvalue weighted by atomic mass is 10.1. The molecule has 2 N–H and O–H groups in total. The highest BCUT2D eigenvalue weighted by atomic mass is 16.5. The summed E-state index contributed by atoms with van der Waals surface area (Å²) >= 11 is 0. The molecular weight excluding hydrogens is 254 g/mol. The number of anilines is 2. The predicted octanol–water partition coefficient (Wildman–Crippen LogP) is 2.61. The fraction of sp³-hybridized carbons (Fsp3) is 0.600. The van der Waals surface area contributed by atoms with E-state index in [9.17, 15) is 4.79 Å². The van der Waals surface area contributed by atoms with Gasteiger partial charge in [-0.2, -0.15) is 0 Å². The Morgan fingerprint density at radius 2 is 1.95 bits per heavy atom. The Balaban J connectivity index is 2.18. The van der Waals surface area contributed by atoms with Crippen molar-refractivity contribution in [3.63, 3.8) is 0 Å². The van der Waals surface area contributed by atoms with E-state index in [1.807, 2.05) is 0 Å². The van der Waals surface area contributed by atoms with Crippen molar-refractivity contribution in [2.24, 2.45) is 0 Å². The van der Waals surface area contributed by atoms with Gasteiger partial charge < -0.3 is 15.4 Å². The molecule has 1 aromatic heterocycles. The number of nitrogens with two attached hydrogens (primary N) is 1. The Labute approximate surface area is 120 Å². The van der Waals surface area contributed by atoms with E-state index in [-0.39, 0.29) is 5.97 Å². The highest BCUT2D eigenvalue weighted by molar-refractivity contribution is 5.95. The van der Waals surface area contributed by atoms with E-state index >= 15 is 0 Å². The second-order valence-corrected chi connectivity index (χ2v) is 5.11. The summed E-state index contributed by atoms with van der Waals surface area (Å²) in [7, 11) is 0. The molecule has 2 rings (SSSR count). The first-order chi connectivity index (χ1) is 9.72. The average Bonchev–Trinajstić information content (AvgIpc) is 2.39. The van der Waals surface area contributed by atoms with Crippen LogP contribution in [0.5, 0.6) is 0 Å². The zero-order chi connectivity index (χ0) is 14.4. The quantitative estimate of drug-likeness (QED) is 0.860. The van der Waals surface area contributed by atoms with Crippen LogP contribution in [-0.2, 0) is 4.74 Å². The maximum Gasteiger partial charge on any atom is 0.340 e. The molecule has 0 amide bonds. The Bertz CT molecular complexity index is 454. The van der Waals surface area contributed by atoms with E-state index in [1.165, 1.54) is 32.1 Å². The Kier molecular flexibility index (Phi) is 5.21. The molecule has 1 aliphatic heterocycles. The molecule has 1 aliphatic rings. The molecule has 0 aliphatic carbocycles.